The Balaban J connectivity index is 1.82. The molecule has 0 aliphatic rings. The Hall–Kier alpha value is -3.35. The number of Topliss-reactive ketones (excluding diaryl/α,β-unsaturated/α-hetero) is 1. The number of carbonyl (C=O) groups is 2. The van der Waals surface area contributed by atoms with Gasteiger partial charge in [-0.05, 0) is 24.6 Å². The second-order valence-electron chi connectivity index (χ2n) is 6.99. The van der Waals surface area contributed by atoms with E-state index in [0.717, 1.165) is 31.7 Å². The number of rotatable bonds is 9. The monoisotopic (exact) mass is 410 g/mol. The summed E-state index contributed by atoms with van der Waals surface area (Å²) >= 11 is 0. The van der Waals surface area contributed by atoms with Gasteiger partial charge in [-0.15, -0.1) is 0 Å². The van der Waals surface area contributed by atoms with E-state index in [1.54, 1.807) is 24.3 Å². The van der Waals surface area contributed by atoms with E-state index in [2.05, 4.69) is 12.0 Å². The molecule has 0 spiro atoms. The highest BCUT2D eigenvalue weighted by molar-refractivity contribution is 6.04. The van der Waals surface area contributed by atoms with Crippen LogP contribution in [0.15, 0.2) is 53.3 Å². The zero-order valence-corrected chi connectivity index (χ0v) is 16.8. The van der Waals surface area contributed by atoms with Gasteiger partial charge in [-0.3, -0.25) is 9.59 Å². The number of carbonyl (C=O) groups excluding carboxylic acids is 2. The highest BCUT2D eigenvalue weighted by Gasteiger charge is 2.19. The summed E-state index contributed by atoms with van der Waals surface area (Å²) < 4.78 is 19.7. The molecule has 3 aromatic rings. The van der Waals surface area contributed by atoms with Crippen LogP contribution >= 0.6 is 0 Å². The minimum absolute atomic E-state index is 0.0206. The summed E-state index contributed by atoms with van der Waals surface area (Å²) in [7, 11) is 0. The van der Waals surface area contributed by atoms with Crippen LogP contribution in [0.3, 0.4) is 0 Å². The van der Waals surface area contributed by atoms with Crippen molar-refractivity contribution in [1.29, 1.82) is 0 Å². The van der Waals surface area contributed by atoms with E-state index in [9.17, 15) is 18.8 Å². The molecule has 6 nitrogen and oxygen atoms in total. The molecule has 7 heteroatoms. The molecular formula is C23H23FN2O4. The molecule has 3 rings (SSSR count). The first-order valence-corrected chi connectivity index (χ1v) is 9.97. The molecule has 0 radical (unpaired) electrons. The summed E-state index contributed by atoms with van der Waals surface area (Å²) in [5.74, 6) is -1.88. The van der Waals surface area contributed by atoms with Crippen LogP contribution in [0, 0.1) is 5.82 Å². The molecule has 2 aromatic carbocycles. The van der Waals surface area contributed by atoms with Crippen molar-refractivity contribution >= 4 is 22.5 Å². The second-order valence-corrected chi connectivity index (χ2v) is 6.99. The van der Waals surface area contributed by atoms with Crippen molar-refractivity contribution in [3.63, 3.8) is 0 Å². The molecule has 1 aromatic heterocycles. The molecule has 0 N–H and O–H groups in total. The van der Waals surface area contributed by atoms with Crippen molar-refractivity contribution in [2.75, 3.05) is 6.61 Å². The van der Waals surface area contributed by atoms with Crippen LogP contribution in [-0.2, 0) is 11.3 Å². The number of ether oxygens (including phenoxy) is 1. The van der Waals surface area contributed by atoms with Crippen molar-refractivity contribution in [2.45, 2.75) is 39.2 Å². The molecule has 0 fully saturated rings. The summed E-state index contributed by atoms with van der Waals surface area (Å²) in [5, 5.41) is 4.96. The lowest BCUT2D eigenvalue weighted by Crippen LogP contribution is -2.27. The lowest BCUT2D eigenvalue weighted by molar-refractivity contribution is 0.0468. The maximum Gasteiger partial charge on any atom is 0.359 e. The number of nitrogens with zero attached hydrogens (tertiary/aromatic N) is 2. The van der Waals surface area contributed by atoms with Crippen LogP contribution in [-0.4, -0.2) is 28.1 Å². The Morgan fingerprint density at radius 1 is 1.03 bits per heavy atom. The molecule has 156 valence electrons. The first-order chi connectivity index (χ1) is 14.5. The van der Waals surface area contributed by atoms with Gasteiger partial charge in [0.15, 0.2) is 18.1 Å². The predicted octanol–water partition coefficient (Wildman–Crippen LogP) is 4.16. The number of unbranched alkanes of at least 4 members (excludes halogenated alkanes) is 3. The Morgan fingerprint density at radius 3 is 2.53 bits per heavy atom. The van der Waals surface area contributed by atoms with Gasteiger partial charge in [-0.25, -0.2) is 13.9 Å². The van der Waals surface area contributed by atoms with E-state index in [1.165, 1.54) is 22.9 Å². The number of ketones is 1. The largest absolute Gasteiger partial charge is 0.452 e. The minimum atomic E-state index is -0.807. The zero-order chi connectivity index (χ0) is 21.5. The molecule has 0 amide bonds. The number of aryl methyl sites for hydroxylation is 1. The van der Waals surface area contributed by atoms with Gasteiger partial charge in [-0.1, -0.05) is 56.5 Å². The number of esters is 1. The maximum atomic E-state index is 13.3. The van der Waals surface area contributed by atoms with Crippen LogP contribution in [0.2, 0.25) is 0 Å². The Labute approximate surface area is 173 Å². The maximum absolute atomic E-state index is 13.3. The Bertz CT molecular complexity index is 1120. The highest BCUT2D eigenvalue weighted by Crippen LogP contribution is 2.15. The molecule has 30 heavy (non-hydrogen) atoms. The van der Waals surface area contributed by atoms with Crippen LogP contribution in [0.25, 0.3) is 10.8 Å². The lowest BCUT2D eigenvalue weighted by atomic mass is 10.1. The Kier molecular flexibility index (Phi) is 7.06. The summed E-state index contributed by atoms with van der Waals surface area (Å²) in [6, 6.07) is 11.8. The fourth-order valence-corrected chi connectivity index (χ4v) is 3.17. The van der Waals surface area contributed by atoms with Crippen molar-refractivity contribution in [3.8, 4) is 0 Å². The first kappa shape index (κ1) is 21.4. The van der Waals surface area contributed by atoms with E-state index in [4.69, 9.17) is 4.74 Å². The van der Waals surface area contributed by atoms with Gasteiger partial charge in [0.05, 0.1) is 5.39 Å². The van der Waals surface area contributed by atoms with Gasteiger partial charge in [0.2, 0.25) is 0 Å². The van der Waals surface area contributed by atoms with Gasteiger partial charge in [0.25, 0.3) is 5.56 Å². The molecule has 1 heterocycles. The second kappa shape index (κ2) is 9.91. The topological polar surface area (TPSA) is 78.3 Å². The molecule has 0 atom stereocenters. The fraction of sp³-hybridized carbons (Fsp3) is 0.304. The number of fused-ring (bicyclic) bond motifs is 1. The van der Waals surface area contributed by atoms with Crippen molar-refractivity contribution in [3.05, 3.63) is 76.0 Å². The van der Waals surface area contributed by atoms with E-state index >= 15 is 0 Å². The lowest BCUT2D eigenvalue weighted by Gasteiger charge is -2.11. The molecule has 0 saturated carbocycles. The van der Waals surface area contributed by atoms with Crippen molar-refractivity contribution in [2.24, 2.45) is 0 Å². The number of halogens is 1. The summed E-state index contributed by atoms with van der Waals surface area (Å²) in [6.07, 6.45) is 3.85. The highest BCUT2D eigenvalue weighted by atomic mass is 19.1. The van der Waals surface area contributed by atoms with Gasteiger partial charge >= 0.3 is 5.97 Å². The molecule has 0 unspecified atom stereocenters. The van der Waals surface area contributed by atoms with Crippen LogP contribution in [0.1, 0.15) is 53.5 Å². The molecule has 0 saturated heterocycles. The average molecular weight is 410 g/mol. The van der Waals surface area contributed by atoms with Gasteiger partial charge < -0.3 is 4.74 Å². The van der Waals surface area contributed by atoms with Crippen molar-refractivity contribution < 1.29 is 18.7 Å². The summed E-state index contributed by atoms with van der Waals surface area (Å²) in [4.78, 5) is 37.6. The molecule has 0 aliphatic carbocycles. The Morgan fingerprint density at radius 2 is 1.80 bits per heavy atom. The standard InChI is InChI=1S/C23H23FN2O4/c1-2-3-4-7-13-26-22(28)19-12-6-5-11-18(19)21(25-26)23(29)30-15-20(27)16-9-8-10-17(24)14-16/h5-6,8-12,14H,2-4,7,13,15H2,1H3. The van der Waals surface area contributed by atoms with Crippen LogP contribution in [0.5, 0.6) is 0 Å². The van der Waals surface area contributed by atoms with E-state index in [1.807, 2.05) is 0 Å². The predicted molar refractivity (Wildman–Crippen MR) is 111 cm³/mol. The van der Waals surface area contributed by atoms with E-state index in [0.29, 0.717) is 17.3 Å². The molecular weight excluding hydrogens is 387 g/mol. The number of aromatic nitrogens is 2. The minimum Gasteiger partial charge on any atom is -0.452 e. The summed E-state index contributed by atoms with van der Waals surface area (Å²) in [5.41, 5.74) is -0.177. The average Bonchev–Trinajstić information content (AvgIpc) is 2.76. The van der Waals surface area contributed by atoms with Crippen LogP contribution < -0.4 is 5.56 Å². The molecule has 0 bridgehead atoms. The third kappa shape index (κ3) is 4.97. The zero-order valence-electron chi connectivity index (χ0n) is 16.8. The number of hydrogen-bond acceptors (Lipinski definition) is 5. The van der Waals surface area contributed by atoms with Gasteiger partial charge in [-0.2, -0.15) is 5.10 Å². The van der Waals surface area contributed by atoms with Crippen LogP contribution in [0.4, 0.5) is 4.39 Å². The third-order valence-corrected chi connectivity index (χ3v) is 4.77. The van der Waals surface area contributed by atoms with E-state index < -0.39 is 24.2 Å². The quantitative estimate of drug-likeness (QED) is 0.301. The van der Waals surface area contributed by atoms with Gasteiger partial charge in [0.1, 0.15) is 5.82 Å². The third-order valence-electron chi connectivity index (χ3n) is 4.77. The summed E-state index contributed by atoms with van der Waals surface area (Å²) in [6.45, 7) is 1.94. The van der Waals surface area contributed by atoms with Crippen molar-refractivity contribution in [1.82, 2.24) is 9.78 Å². The SMILES string of the molecule is CCCCCCn1nc(C(=O)OCC(=O)c2cccc(F)c2)c2ccccc2c1=O. The normalized spacial score (nSPS) is 10.9. The van der Waals surface area contributed by atoms with Gasteiger partial charge in [0, 0.05) is 17.5 Å². The number of benzene rings is 2. The first-order valence-electron chi connectivity index (χ1n) is 9.97. The smallest absolute Gasteiger partial charge is 0.359 e. The van der Waals surface area contributed by atoms with E-state index in [-0.39, 0.29) is 16.8 Å². The number of hydrogen-bond donors (Lipinski definition) is 0. The fourth-order valence-electron chi connectivity index (χ4n) is 3.17. The molecule has 0 aliphatic heterocycles.